The van der Waals surface area contributed by atoms with E-state index >= 15 is 0 Å². The molecule has 3 nitrogen and oxygen atoms in total. The zero-order chi connectivity index (χ0) is 15.7. The van der Waals surface area contributed by atoms with Crippen LogP contribution in [0, 0.1) is 12.7 Å². The third kappa shape index (κ3) is 2.97. The standard InChI is InChI=1S/C17H13ClFNO2/c1-10-2-4-15(14(19)6-10)20-17(21)12-7-11-8-13(18)3-5-16(11)22-9-12/h2-8H,9H2,1H3,(H,20,21). The summed E-state index contributed by atoms with van der Waals surface area (Å²) >= 11 is 5.93. The number of halogens is 2. The first-order valence-electron chi connectivity index (χ1n) is 6.73. The first-order chi connectivity index (χ1) is 10.5. The van der Waals surface area contributed by atoms with Gasteiger partial charge in [0, 0.05) is 10.6 Å². The van der Waals surface area contributed by atoms with Crippen molar-refractivity contribution >= 4 is 29.3 Å². The van der Waals surface area contributed by atoms with E-state index in [1.807, 2.05) is 0 Å². The summed E-state index contributed by atoms with van der Waals surface area (Å²) < 4.78 is 19.3. The summed E-state index contributed by atoms with van der Waals surface area (Å²) in [4.78, 5) is 12.2. The number of carbonyl (C=O) groups excluding carboxylic acids is 1. The summed E-state index contributed by atoms with van der Waals surface area (Å²) in [6, 6.07) is 9.84. The minimum absolute atomic E-state index is 0.133. The molecule has 0 aliphatic carbocycles. The monoisotopic (exact) mass is 317 g/mol. The van der Waals surface area contributed by atoms with Gasteiger partial charge in [0.15, 0.2) is 0 Å². The normalized spacial score (nSPS) is 13.0. The van der Waals surface area contributed by atoms with Gasteiger partial charge in [0.1, 0.15) is 18.2 Å². The molecule has 5 heteroatoms. The summed E-state index contributed by atoms with van der Waals surface area (Å²) in [7, 11) is 0. The summed E-state index contributed by atoms with van der Waals surface area (Å²) in [6.07, 6.45) is 1.70. The zero-order valence-electron chi connectivity index (χ0n) is 11.8. The number of amides is 1. The second kappa shape index (κ2) is 5.81. The number of rotatable bonds is 2. The molecule has 0 aromatic heterocycles. The van der Waals surface area contributed by atoms with Gasteiger partial charge in [-0.2, -0.15) is 0 Å². The predicted octanol–water partition coefficient (Wildman–Crippen LogP) is 4.20. The number of benzene rings is 2. The first kappa shape index (κ1) is 14.6. The average molecular weight is 318 g/mol. The Balaban J connectivity index is 1.84. The van der Waals surface area contributed by atoms with Crippen LogP contribution in [0.15, 0.2) is 42.0 Å². The van der Waals surface area contributed by atoms with Crippen molar-refractivity contribution in [3.05, 3.63) is 63.9 Å². The highest BCUT2D eigenvalue weighted by atomic mass is 35.5. The Morgan fingerprint density at radius 2 is 2.09 bits per heavy atom. The van der Waals surface area contributed by atoms with Crippen LogP contribution in [0.2, 0.25) is 5.02 Å². The van der Waals surface area contributed by atoms with Crippen LogP contribution in [-0.2, 0) is 4.79 Å². The van der Waals surface area contributed by atoms with Gasteiger partial charge in [-0.05, 0) is 48.9 Å². The van der Waals surface area contributed by atoms with E-state index in [0.29, 0.717) is 16.3 Å². The number of carbonyl (C=O) groups is 1. The molecule has 0 saturated carbocycles. The van der Waals surface area contributed by atoms with Gasteiger partial charge in [0.25, 0.3) is 5.91 Å². The molecule has 112 valence electrons. The number of aryl methyl sites for hydroxylation is 1. The van der Waals surface area contributed by atoms with Crippen LogP contribution in [-0.4, -0.2) is 12.5 Å². The van der Waals surface area contributed by atoms with Crippen molar-refractivity contribution in [2.75, 3.05) is 11.9 Å². The molecule has 1 amide bonds. The largest absolute Gasteiger partial charge is 0.488 e. The maximum absolute atomic E-state index is 13.8. The SMILES string of the molecule is Cc1ccc(NC(=O)C2=Cc3cc(Cl)ccc3OC2)c(F)c1. The zero-order valence-corrected chi connectivity index (χ0v) is 12.6. The van der Waals surface area contributed by atoms with E-state index in [4.69, 9.17) is 16.3 Å². The number of hydrogen-bond acceptors (Lipinski definition) is 2. The molecule has 3 rings (SSSR count). The number of hydrogen-bond donors (Lipinski definition) is 1. The topological polar surface area (TPSA) is 38.3 Å². The molecular weight excluding hydrogens is 305 g/mol. The lowest BCUT2D eigenvalue weighted by molar-refractivity contribution is -0.113. The van der Waals surface area contributed by atoms with Gasteiger partial charge in [0.05, 0.1) is 11.3 Å². The molecular formula is C17H13ClFNO2. The fourth-order valence-electron chi connectivity index (χ4n) is 2.20. The Labute approximate surface area is 132 Å². The highest BCUT2D eigenvalue weighted by Crippen LogP contribution is 2.29. The van der Waals surface area contributed by atoms with Crippen molar-refractivity contribution in [1.29, 1.82) is 0 Å². The fourth-order valence-corrected chi connectivity index (χ4v) is 2.38. The highest BCUT2D eigenvalue weighted by molar-refractivity contribution is 6.30. The van der Waals surface area contributed by atoms with E-state index in [9.17, 15) is 9.18 Å². The summed E-state index contributed by atoms with van der Waals surface area (Å²) in [5.74, 6) is -0.190. The van der Waals surface area contributed by atoms with Crippen molar-refractivity contribution in [2.45, 2.75) is 6.92 Å². The molecule has 0 radical (unpaired) electrons. The Bertz CT molecular complexity index is 786. The molecule has 0 unspecified atom stereocenters. The smallest absolute Gasteiger partial charge is 0.255 e. The molecule has 0 saturated heterocycles. The summed E-state index contributed by atoms with van der Waals surface area (Å²) in [6.45, 7) is 1.92. The third-order valence-corrected chi connectivity index (χ3v) is 3.58. The van der Waals surface area contributed by atoms with E-state index in [1.54, 1.807) is 37.3 Å². The second-order valence-corrected chi connectivity index (χ2v) is 5.51. The molecule has 0 bridgehead atoms. The van der Waals surface area contributed by atoms with Gasteiger partial charge in [-0.3, -0.25) is 4.79 Å². The molecule has 2 aromatic carbocycles. The molecule has 1 aliphatic heterocycles. The summed E-state index contributed by atoms with van der Waals surface area (Å²) in [5, 5.41) is 3.12. The predicted molar refractivity (Wildman–Crippen MR) is 84.7 cm³/mol. The van der Waals surface area contributed by atoms with Gasteiger partial charge in [-0.15, -0.1) is 0 Å². The lowest BCUT2D eigenvalue weighted by Crippen LogP contribution is -2.21. The van der Waals surface area contributed by atoms with Crippen LogP contribution in [0.4, 0.5) is 10.1 Å². The average Bonchev–Trinajstić information content (AvgIpc) is 2.49. The van der Waals surface area contributed by atoms with Crippen LogP contribution < -0.4 is 10.1 Å². The Morgan fingerprint density at radius 1 is 1.27 bits per heavy atom. The third-order valence-electron chi connectivity index (χ3n) is 3.35. The van der Waals surface area contributed by atoms with Gasteiger partial charge in [0.2, 0.25) is 0 Å². The minimum Gasteiger partial charge on any atom is -0.488 e. The fraction of sp³-hybridized carbons (Fsp3) is 0.118. The van der Waals surface area contributed by atoms with Crippen molar-refractivity contribution < 1.29 is 13.9 Å². The van der Waals surface area contributed by atoms with Crippen LogP contribution >= 0.6 is 11.6 Å². The summed E-state index contributed by atoms with van der Waals surface area (Å²) in [5.41, 5.74) is 2.08. The minimum atomic E-state index is -0.464. The molecule has 0 atom stereocenters. The van der Waals surface area contributed by atoms with Crippen molar-refractivity contribution in [1.82, 2.24) is 0 Å². The van der Waals surface area contributed by atoms with Crippen LogP contribution in [0.5, 0.6) is 5.75 Å². The molecule has 0 spiro atoms. The van der Waals surface area contributed by atoms with E-state index in [0.717, 1.165) is 11.1 Å². The number of nitrogens with one attached hydrogen (secondary N) is 1. The quantitative estimate of drug-likeness (QED) is 0.901. The first-order valence-corrected chi connectivity index (χ1v) is 7.11. The molecule has 0 fully saturated rings. The Morgan fingerprint density at radius 3 is 2.86 bits per heavy atom. The Hall–Kier alpha value is -2.33. The Kier molecular flexibility index (Phi) is 3.86. The highest BCUT2D eigenvalue weighted by Gasteiger charge is 2.18. The van der Waals surface area contributed by atoms with E-state index < -0.39 is 11.7 Å². The van der Waals surface area contributed by atoms with E-state index in [-0.39, 0.29) is 12.3 Å². The maximum atomic E-state index is 13.8. The molecule has 2 aromatic rings. The van der Waals surface area contributed by atoms with Gasteiger partial charge >= 0.3 is 0 Å². The van der Waals surface area contributed by atoms with Crippen molar-refractivity contribution in [2.24, 2.45) is 0 Å². The lowest BCUT2D eigenvalue weighted by Gasteiger charge is -2.18. The molecule has 22 heavy (non-hydrogen) atoms. The van der Waals surface area contributed by atoms with Gasteiger partial charge < -0.3 is 10.1 Å². The van der Waals surface area contributed by atoms with Crippen LogP contribution in [0.1, 0.15) is 11.1 Å². The van der Waals surface area contributed by atoms with Crippen LogP contribution in [0.3, 0.4) is 0 Å². The van der Waals surface area contributed by atoms with Gasteiger partial charge in [-0.1, -0.05) is 17.7 Å². The van der Waals surface area contributed by atoms with Crippen LogP contribution in [0.25, 0.3) is 6.08 Å². The lowest BCUT2D eigenvalue weighted by atomic mass is 10.1. The van der Waals surface area contributed by atoms with E-state index in [2.05, 4.69) is 5.32 Å². The second-order valence-electron chi connectivity index (χ2n) is 5.08. The van der Waals surface area contributed by atoms with E-state index in [1.165, 1.54) is 12.1 Å². The van der Waals surface area contributed by atoms with Crippen molar-refractivity contribution in [3.8, 4) is 5.75 Å². The number of anilines is 1. The maximum Gasteiger partial charge on any atom is 0.255 e. The number of ether oxygens (including phenoxy) is 1. The number of fused-ring (bicyclic) bond motifs is 1. The molecule has 1 aliphatic rings. The van der Waals surface area contributed by atoms with Gasteiger partial charge in [-0.25, -0.2) is 4.39 Å². The van der Waals surface area contributed by atoms with Crippen molar-refractivity contribution in [3.63, 3.8) is 0 Å². The molecule has 1 heterocycles. The molecule has 1 N–H and O–H groups in total.